The lowest BCUT2D eigenvalue weighted by atomic mass is 10.1. The Morgan fingerprint density at radius 1 is 1.10 bits per heavy atom. The SMILES string of the molecule is C[n+]1c(N)n(CC(O)c2ccccc2)c2ccccc21. The van der Waals surface area contributed by atoms with Gasteiger partial charge in [-0.2, -0.15) is 0 Å². The van der Waals surface area contributed by atoms with Crippen LogP contribution in [0.5, 0.6) is 0 Å². The second-order valence-electron chi connectivity index (χ2n) is 4.94. The molecule has 3 N–H and O–H groups in total. The topological polar surface area (TPSA) is 55.1 Å². The van der Waals surface area contributed by atoms with Crippen molar-refractivity contribution in [1.82, 2.24) is 4.57 Å². The number of rotatable bonds is 3. The molecule has 0 bridgehead atoms. The molecule has 1 aromatic heterocycles. The van der Waals surface area contributed by atoms with E-state index in [4.69, 9.17) is 5.73 Å². The number of anilines is 1. The molecule has 1 heterocycles. The quantitative estimate of drug-likeness (QED) is 0.711. The second-order valence-corrected chi connectivity index (χ2v) is 4.94. The summed E-state index contributed by atoms with van der Waals surface area (Å²) in [5.41, 5.74) is 9.14. The van der Waals surface area contributed by atoms with Gasteiger partial charge in [0.2, 0.25) is 0 Å². The van der Waals surface area contributed by atoms with Crippen LogP contribution in [0.3, 0.4) is 0 Å². The molecule has 4 nitrogen and oxygen atoms in total. The Balaban J connectivity index is 2.01. The van der Waals surface area contributed by atoms with Gasteiger partial charge in [0.15, 0.2) is 0 Å². The van der Waals surface area contributed by atoms with Crippen LogP contribution in [0.1, 0.15) is 11.7 Å². The Morgan fingerprint density at radius 2 is 1.75 bits per heavy atom. The summed E-state index contributed by atoms with van der Waals surface area (Å²) in [6.07, 6.45) is -0.575. The van der Waals surface area contributed by atoms with E-state index < -0.39 is 6.10 Å². The lowest BCUT2D eigenvalue weighted by molar-refractivity contribution is -0.630. The van der Waals surface area contributed by atoms with Crippen molar-refractivity contribution in [2.75, 3.05) is 5.73 Å². The van der Waals surface area contributed by atoms with E-state index in [1.165, 1.54) is 0 Å². The zero-order valence-corrected chi connectivity index (χ0v) is 11.4. The summed E-state index contributed by atoms with van der Waals surface area (Å²) in [4.78, 5) is 0. The lowest BCUT2D eigenvalue weighted by Crippen LogP contribution is -2.31. The standard InChI is InChI=1S/C16H17N3O/c1-18-13-9-5-6-10-14(13)19(16(18)17)11-15(20)12-7-3-2-4-8-12/h2-10,15,17,20H,11H2,1H3/p+1. The molecule has 20 heavy (non-hydrogen) atoms. The molecule has 0 radical (unpaired) electrons. The van der Waals surface area contributed by atoms with Crippen LogP contribution in [0.25, 0.3) is 11.0 Å². The first kappa shape index (κ1) is 12.7. The largest absolute Gasteiger partial charge is 0.385 e. The summed E-state index contributed by atoms with van der Waals surface area (Å²) in [6, 6.07) is 17.6. The highest BCUT2D eigenvalue weighted by Gasteiger charge is 2.21. The van der Waals surface area contributed by atoms with E-state index in [9.17, 15) is 5.11 Å². The summed E-state index contributed by atoms with van der Waals surface area (Å²) in [7, 11) is 1.93. The molecule has 0 spiro atoms. The monoisotopic (exact) mass is 268 g/mol. The van der Waals surface area contributed by atoms with Crippen LogP contribution in [-0.2, 0) is 13.6 Å². The van der Waals surface area contributed by atoms with Gasteiger partial charge in [0.05, 0.1) is 7.05 Å². The minimum absolute atomic E-state index is 0.442. The molecular formula is C16H18N3O+. The smallest absolute Gasteiger partial charge is 0.355 e. The summed E-state index contributed by atoms with van der Waals surface area (Å²) in [5, 5.41) is 10.4. The normalized spacial score (nSPS) is 12.7. The highest BCUT2D eigenvalue weighted by molar-refractivity contribution is 5.73. The van der Waals surface area contributed by atoms with Crippen molar-refractivity contribution in [3.8, 4) is 0 Å². The number of para-hydroxylation sites is 2. The van der Waals surface area contributed by atoms with E-state index in [0.29, 0.717) is 12.5 Å². The van der Waals surface area contributed by atoms with Gasteiger partial charge in [0.1, 0.15) is 23.7 Å². The highest BCUT2D eigenvalue weighted by atomic mass is 16.3. The van der Waals surface area contributed by atoms with Gasteiger partial charge in [-0.1, -0.05) is 42.5 Å². The zero-order chi connectivity index (χ0) is 14.1. The number of fused-ring (bicyclic) bond motifs is 1. The molecule has 0 saturated heterocycles. The molecule has 0 aliphatic carbocycles. The number of nitrogen functional groups attached to an aromatic ring is 1. The average molecular weight is 268 g/mol. The molecule has 102 valence electrons. The number of aromatic nitrogens is 2. The summed E-state index contributed by atoms with van der Waals surface area (Å²) in [5.74, 6) is 0.640. The van der Waals surface area contributed by atoms with E-state index in [1.807, 2.05) is 70.8 Å². The molecule has 0 aliphatic heterocycles. The van der Waals surface area contributed by atoms with Crippen molar-refractivity contribution in [3.05, 3.63) is 60.2 Å². The van der Waals surface area contributed by atoms with Gasteiger partial charge in [0.25, 0.3) is 0 Å². The van der Waals surface area contributed by atoms with Crippen molar-refractivity contribution < 1.29 is 9.67 Å². The van der Waals surface area contributed by atoms with Gasteiger partial charge in [-0.3, -0.25) is 5.73 Å². The molecular weight excluding hydrogens is 250 g/mol. The minimum Gasteiger partial charge on any atom is -0.385 e. The maximum Gasteiger partial charge on any atom is 0.355 e. The van der Waals surface area contributed by atoms with E-state index >= 15 is 0 Å². The Bertz CT molecular complexity index is 734. The van der Waals surface area contributed by atoms with Gasteiger partial charge in [-0.15, -0.1) is 0 Å². The Hall–Kier alpha value is -2.33. The Morgan fingerprint density at radius 3 is 2.50 bits per heavy atom. The van der Waals surface area contributed by atoms with E-state index in [-0.39, 0.29) is 0 Å². The summed E-state index contributed by atoms with van der Waals surface area (Å²) < 4.78 is 3.89. The third-order valence-corrected chi connectivity index (χ3v) is 3.69. The maximum atomic E-state index is 10.4. The van der Waals surface area contributed by atoms with E-state index in [0.717, 1.165) is 16.6 Å². The Labute approximate surface area is 117 Å². The molecule has 0 amide bonds. The first-order valence-corrected chi connectivity index (χ1v) is 6.64. The fourth-order valence-electron chi connectivity index (χ4n) is 2.55. The molecule has 4 heteroatoms. The predicted octanol–water partition coefficient (Wildman–Crippen LogP) is 1.78. The maximum absolute atomic E-state index is 10.4. The first-order chi connectivity index (χ1) is 9.68. The number of aliphatic hydroxyl groups excluding tert-OH is 1. The Kier molecular flexibility index (Phi) is 3.16. The third kappa shape index (κ3) is 2.04. The average Bonchev–Trinajstić information content (AvgIpc) is 2.74. The van der Waals surface area contributed by atoms with Crippen molar-refractivity contribution >= 4 is 17.0 Å². The van der Waals surface area contributed by atoms with Crippen LogP contribution in [0.15, 0.2) is 54.6 Å². The number of benzene rings is 2. The van der Waals surface area contributed by atoms with Crippen LogP contribution < -0.4 is 10.3 Å². The van der Waals surface area contributed by atoms with Crippen molar-refractivity contribution in [1.29, 1.82) is 0 Å². The summed E-state index contributed by atoms with van der Waals surface area (Å²) >= 11 is 0. The second kappa shape index (κ2) is 4.98. The molecule has 0 aliphatic rings. The number of nitrogens with two attached hydrogens (primary N) is 1. The van der Waals surface area contributed by atoms with Crippen molar-refractivity contribution in [2.24, 2.45) is 7.05 Å². The van der Waals surface area contributed by atoms with Crippen LogP contribution in [0.4, 0.5) is 5.95 Å². The van der Waals surface area contributed by atoms with Gasteiger partial charge < -0.3 is 5.11 Å². The molecule has 3 rings (SSSR count). The zero-order valence-electron chi connectivity index (χ0n) is 11.4. The van der Waals surface area contributed by atoms with Crippen LogP contribution in [0, 0.1) is 0 Å². The van der Waals surface area contributed by atoms with Gasteiger partial charge >= 0.3 is 5.95 Å². The molecule has 3 aromatic rings. The minimum atomic E-state index is -0.575. The van der Waals surface area contributed by atoms with Crippen LogP contribution in [-0.4, -0.2) is 9.67 Å². The molecule has 1 atom stereocenters. The number of hydrogen-bond donors (Lipinski definition) is 2. The number of nitrogens with zero attached hydrogens (tertiary/aromatic N) is 2. The van der Waals surface area contributed by atoms with Crippen molar-refractivity contribution in [3.63, 3.8) is 0 Å². The van der Waals surface area contributed by atoms with E-state index in [1.54, 1.807) is 0 Å². The molecule has 0 saturated carbocycles. The lowest BCUT2D eigenvalue weighted by Gasteiger charge is -2.10. The number of aryl methyl sites for hydroxylation is 1. The molecule has 0 fully saturated rings. The molecule has 1 unspecified atom stereocenters. The predicted molar refractivity (Wildman–Crippen MR) is 78.9 cm³/mol. The van der Waals surface area contributed by atoms with Crippen molar-refractivity contribution in [2.45, 2.75) is 12.6 Å². The molecule has 2 aromatic carbocycles. The highest BCUT2D eigenvalue weighted by Crippen LogP contribution is 2.20. The fourth-order valence-corrected chi connectivity index (χ4v) is 2.55. The van der Waals surface area contributed by atoms with Gasteiger partial charge in [0, 0.05) is 0 Å². The number of aliphatic hydroxyl groups is 1. The number of imidazole rings is 1. The van der Waals surface area contributed by atoms with Gasteiger partial charge in [-0.05, 0) is 17.7 Å². The van der Waals surface area contributed by atoms with Crippen LogP contribution in [0.2, 0.25) is 0 Å². The number of hydrogen-bond acceptors (Lipinski definition) is 2. The fraction of sp³-hybridized carbons (Fsp3) is 0.188. The summed E-state index contributed by atoms with van der Waals surface area (Å²) in [6.45, 7) is 0.442. The third-order valence-electron chi connectivity index (χ3n) is 3.69. The van der Waals surface area contributed by atoms with Crippen LogP contribution >= 0.6 is 0 Å². The first-order valence-electron chi connectivity index (χ1n) is 6.64. The van der Waals surface area contributed by atoms with Gasteiger partial charge in [-0.25, -0.2) is 9.13 Å². The van der Waals surface area contributed by atoms with E-state index in [2.05, 4.69) is 0 Å².